The zero-order valence-electron chi connectivity index (χ0n) is 21.4. The summed E-state index contributed by atoms with van der Waals surface area (Å²) in [7, 11) is 0. The fourth-order valence-corrected chi connectivity index (χ4v) is 4.50. The van der Waals surface area contributed by atoms with E-state index < -0.39 is 17.7 Å². The standard InChI is InChI=1S/C30H31NO6/c1-5-36-23-14-15-24(25(17-23)37-6-2)28(33)26-27(20-8-7-9-22(32)16-20)31(30(35)29(26)34)21-12-10-19(11-13-21)18(3)4/h7-18,27,32-33H,5-6H2,1-4H3/b28-26-. The Morgan fingerprint density at radius 3 is 2.27 bits per heavy atom. The van der Waals surface area contributed by atoms with Gasteiger partial charge in [0.2, 0.25) is 0 Å². The number of ether oxygens (including phenoxy) is 2. The predicted octanol–water partition coefficient (Wildman–Crippen LogP) is 5.94. The van der Waals surface area contributed by atoms with Crippen LogP contribution in [0.5, 0.6) is 17.2 Å². The largest absolute Gasteiger partial charge is 0.508 e. The summed E-state index contributed by atoms with van der Waals surface area (Å²) in [5, 5.41) is 21.7. The molecule has 1 aliphatic heterocycles. The minimum absolute atomic E-state index is 0.0192. The van der Waals surface area contributed by atoms with Gasteiger partial charge in [-0.2, -0.15) is 0 Å². The van der Waals surface area contributed by atoms with Crippen molar-refractivity contribution >= 4 is 23.1 Å². The second-order valence-electron chi connectivity index (χ2n) is 9.03. The smallest absolute Gasteiger partial charge is 0.300 e. The van der Waals surface area contributed by atoms with Gasteiger partial charge in [-0.3, -0.25) is 14.5 Å². The van der Waals surface area contributed by atoms with Crippen molar-refractivity contribution in [2.45, 2.75) is 39.7 Å². The number of anilines is 1. The molecule has 0 spiro atoms. The highest BCUT2D eigenvalue weighted by molar-refractivity contribution is 6.51. The van der Waals surface area contributed by atoms with Crippen LogP contribution in [0.25, 0.3) is 5.76 Å². The molecule has 1 fully saturated rings. The molecule has 0 radical (unpaired) electrons. The van der Waals surface area contributed by atoms with Crippen LogP contribution in [-0.2, 0) is 9.59 Å². The maximum atomic E-state index is 13.4. The predicted molar refractivity (Wildman–Crippen MR) is 142 cm³/mol. The maximum Gasteiger partial charge on any atom is 0.300 e. The molecule has 1 atom stereocenters. The molecule has 0 aliphatic carbocycles. The third-order valence-electron chi connectivity index (χ3n) is 6.29. The van der Waals surface area contributed by atoms with Gasteiger partial charge < -0.3 is 19.7 Å². The summed E-state index contributed by atoms with van der Waals surface area (Å²) in [6, 6.07) is 17.7. The average molecular weight is 502 g/mol. The number of phenols is 1. The SMILES string of the molecule is CCOc1ccc(/C(O)=C2/C(=O)C(=O)N(c3ccc(C(C)C)cc3)C2c2cccc(O)c2)c(OCC)c1. The van der Waals surface area contributed by atoms with Gasteiger partial charge in [-0.25, -0.2) is 0 Å². The zero-order chi connectivity index (χ0) is 26.7. The Kier molecular flexibility index (Phi) is 7.53. The number of aliphatic hydroxyl groups is 1. The molecular weight excluding hydrogens is 470 g/mol. The Morgan fingerprint density at radius 1 is 0.946 bits per heavy atom. The first-order chi connectivity index (χ1) is 17.8. The minimum atomic E-state index is -0.960. The number of aliphatic hydroxyl groups excluding tert-OH is 1. The lowest BCUT2D eigenvalue weighted by Gasteiger charge is -2.26. The van der Waals surface area contributed by atoms with Gasteiger partial charge in [0, 0.05) is 11.8 Å². The lowest BCUT2D eigenvalue weighted by molar-refractivity contribution is -0.132. The van der Waals surface area contributed by atoms with Crippen molar-refractivity contribution in [1.82, 2.24) is 0 Å². The second-order valence-corrected chi connectivity index (χ2v) is 9.03. The fraction of sp³-hybridized carbons (Fsp3) is 0.267. The minimum Gasteiger partial charge on any atom is -0.508 e. The van der Waals surface area contributed by atoms with Crippen LogP contribution < -0.4 is 14.4 Å². The van der Waals surface area contributed by atoms with Crippen molar-refractivity contribution in [2.24, 2.45) is 0 Å². The lowest BCUT2D eigenvalue weighted by atomic mass is 9.94. The van der Waals surface area contributed by atoms with Crippen molar-refractivity contribution in [3.63, 3.8) is 0 Å². The first-order valence-corrected chi connectivity index (χ1v) is 12.4. The van der Waals surface area contributed by atoms with Gasteiger partial charge in [-0.15, -0.1) is 0 Å². The normalized spacial score (nSPS) is 16.9. The molecule has 3 aromatic carbocycles. The zero-order valence-corrected chi connectivity index (χ0v) is 21.4. The first-order valence-electron chi connectivity index (χ1n) is 12.4. The third-order valence-corrected chi connectivity index (χ3v) is 6.29. The summed E-state index contributed by atoms with van der Waals surface area (Å²) >= 11 is 0. The number of amides is 1. The van der Waals surface area contributed by atoms with E-state index in [9.17, 15) is 19.8 Å². The molecule has 192 valence electrons. The Labute approximate surface area is 216 Å². The van der Waals surface area contributed by atoms with Crippen molar-refractivity contribution in [2.75, 3.05) is 18.1 Å². The van der Waals surface area contributed by atoms with E-state index in [2.05, 4.69) is 13.8 Å². The average Bonchev–Trinajstić information content (AvgIpc) is 3.14. The molecule has 4 rings (SSSR count). The van der Waals surface area contributed by atoms with Gasteiger partial charge in [0.1, 0.15) is 23.0 Å². The lowest BCUT2D eigenvalue weighted by Crippen LogP contribution is -2.29. The molecule has 0 aromatic heterocycles. The number of carbonyl (C=O) groups is 2. The first kappa shape index (κ1) is 25.8. The molecule has 1 aliphatic rings. The Morgan fingerprint density at radius 2 is 1.65 bits per heavy atom. The molecule has 1 unspecified atom stereocenters. The summed E-state index contributed by atoms with van der Waals surface area (Å²) in [5.74, 6) is -0.797. The number of carbonyl (C=O) groups excluding carboxylic acids is 2. The van der Waals surface area contributed by atoms with Gasteiger partial charge in [0.15, 0.2) is 0 Å². The van der Waals surface area contributed by atoms with Gasteiger partial charge in [0.25, 0.3) is 11.7 Å². The second kappa shape index (κ2) is 10.8. The maximum absolute atomic E-state index is 13.4. The summed E-state index contributed by atoms with van der Waals surface area (Å²) in [4.78, 5) is 28.2. The van der Waals surface area contributed by atoms with E-state index in [-0.39, 0.29) is 22.6 Å². The van der Waals surface area contributed by atoms with E-state index in [4.69, 9.17) is 9.47 Å². The van der Waals surface area contributed by atoms with Gasteiger partial charge in [0.05, 0.1) is 30.4 Å². The summed E-state index contributed by atoms with van der Waals surface area (Å²) < 4.78 is 11.3. The highest BCUT2D eigenvalue weighted by Crippen LogP contribution is 2.44. The third kappa shape index (κ3) is 5.03. The van der Waals surface area contributed by atoms with Crippen LogP contribution >= 0.6 is 0 Å². The summed E-state index contributed by atoms with van der Waals surface area (Å²) in [5.41, 5.74) is 2.26. The number of hydrogen-bond acceptors (Lipinski definition) is 6. The van der Waals surface area contributed by atoms with Crippen molar-refractivity contribution in [1.29, 1.82) is 0 Å². The highest BCUT2D eigenvalue weighted by atomic mass is 16.5. The van der Waals surface area contributed by atoms with Gasteiger partial charge in [-0.05, 0) is 67.3 Å². The van der Waals surface area contributed by atoms with Crippen molar-refractivity contribution < 1.29 is 29.3 Å². The van der Waals surface area contributed by atoms with E-state index in [0.717, 1.165) is 5.56 Å². The molecular formula is C30H31NO6. The number of ketones is 1. The summed E-state index contributed by atoms with van der Waals surface area (Å²) in [6.07, 6.45) is 0. The molecule has 7 heteroatoms. The quantitative estimate of drug-likeness (QED) is 0.225. The fourth-order valence-electron chi connectivity index (χ4n) is 4.50. The van der Waals surface area contributed by atoms with Crippen molar-refractivity contribution in [3.8, 4) is 17.2 Å². The van der Waals surface area contributed by atoms with Crippen LogP contribution in [0.1, 0.15) is 56.3 Å². The Bertz CT molecular complexity index is 1340. The molecule has 0 saturated carbocycles. The molecule has 0 bridgehead atoms. The monoisotopic (exact) mass is 501 g/mol. The van der Waals surface area contributed by atoms with Crippen molar-refractivity contribution in [3.05, 3.63) is 89.0 Å². The summed E-state index contributed by atoms with van der Waals surface area (Å²) in [6.45, 7) is 8.58. The number of hydrogen-bond donors (Lipinski definition) is 2. The number of Topliss-reactive ketones (excluding diaryl/α,β-unsaturated/α-hetero) is 1. The van der Waals surface area contributed by atoms with Crippen LogP contribution in [0.4, 0.5) is 5.69 Å². The number of phenolic OH excluding ortho intramolecular Hbond substituents is 1. The van der Waals surface area contributed by atoms with Gasteiger partial charge in [-0.1, -0.05) is 38.1 Å². The number of rotatable bonds is 8. The molecule has 1 heterocycles. The molecule has 1 saturated heterocycles. The Hall–Kier alpha value is -4.26. The van der Waals surface area contributed by atoms with E-state index in [1.165, 1.54) is 17.0 Å². The van der Waals surface area contributed by atoms with Crippen LogP contribution in [0.15, 0.2) is 72.3 Å². The number of nitrogens with zero attached hydrogens (tertiary/aromatic N) is 1. The topological polar surface area (TPSA) is 96.3 Å². The van der Waals surface area contributed by atoms with E-state index in [1.54, 1.807) is 42.5 Å². The van der Waals surface area contributed by atoms with E-state index in [0.29, 0.717) is 41.9 Å². The molecule has 1 amide bonds. The van der Waals surface area contributed by atoms with E-state index in [1.807, 2.05) is 26.0 Å². The van der Waals surface area contributed by atoms with E-state index >= 15 is 0 Å². The molecule has 2 N–H and O–H groups in total. The number of benzene rings is 3. The molecule has 7 nitrogen and oxygen atoms in total. The van der Waals surface area contributed by atoms with Crippen LogP contribution in [0.2, 0.25) is 0 Å². The molecule has 3 aromatic rings. The Balaban J connectivity index is 1.92. The van der Waals surface area contributed by atoms with Crippen LogP contribution in [0, 0.1) is 0 Å². The van der Waals surface area contributed by atoms with Crippen LogP contribution in [0.3, 0.4) is 0 Å². The molecule has 37 heavy (non-hydrogen) atoms. The highest BCUT2D eigenvalue weighted by Gasteiger charge is 2.47. The van der Waals surface area contributed by atoms with Crippen LogP contribution in [-0.4, -0.2) is 35.1 Å². The van der Waals surface area contributed by atoms with Gasteiger partial charge >= 0.3 is 0 Å². The number of aromatic hydroxyl groups is 1.